The van der Waals surface area contributed by atoms with Crippen LogP contribution in [0.15, 0.2) is 36.4 Å². The van der Waals surface area contributed by atoms with Gasteiger partial charge in [-0.15, -0.1) is 0 Å². The minimum Gasteiger partial charge on any atom is -0.463 e. The monoisotopic (exact) mass is 502 g/mol. The molecule has 2 aromatic carbocycles. The van der Waals surface area contributed by atoms with Gasteiger partial charge < -0.3 is 28.4 Å². The van der Waals surface area contributed by atoms with Crippen LogP contribution in [-0.4, -0.2) is 67.5 Å². The van der Waals surface area contributed by atoms with Crippen molar-refractivity contribution in [3.63, 3.8) is 0 Å². The molecule has 36 heavy (non-hydrogen) atoms. The molecule has 0 amide bonds. The highest BCUT2D eigenvalue weighted by Crippen LogP contribution is 2.32. The van der Waals surface area contributed by atoms with Gasteiger partial charge in [-0.2, -0.15) is 0 Å². The number of hydrogen-bond donors (Lipinski definition) is 0. The Bertz CT molecular complexity index is 1160. The zero-order chi connectivity index (χ0) is 26.4. The molecule has 3 rings (SSSR count). The fraction of sp³-hybridized carbons (Fsp3) is 0.400. The maximum Gasteiger partial charge on any atom is 0.303 e. The van der Waals surface area contributed by atoms with Crippen molar-refractivity contribution in [3.05, 3.63) is 42.0 Å². The Labute approximate surface area is 206 Å². The summed E-state index contributed by atoms with van der Waals surface area (Å²) in [5, 5.41) is 1.54. The van der Waals surface area contributed by atoms with E-state index in [1.54, 1.807) is 36.4 Å². The van der Waals surface area contributed by atoms with E-state index in [2.05, 4.69) is 0 Å². The molecule has 2 aromatic rings. The normalized spacial score (nSPS) is 23.3. The first kappa shape index (κ1) is 26.6. The number of aldehydes is 1. The lowest BCUT2D eigenvalue weighted by molar-refractivity contribution is -0.288. The van der Waals surface area contributed by atoms with Gasteiger partial charge in [0.05, 0.1) is 0 Å². The molecular formula is C25H26O11. The van der Waals surface area contributed by atoms with Crippen LogP contribution in [0.4, 0.5) is 0 Å². The fourth-order valence-electron chi connectivity index (χ4n) is 3.81. The molecule has 1 heterocycles. The van der Waals surface area contributed by atoms with E-state index in [1.807, 2.05) is 0 Å². The van der Waals surface area contributed by atoms with Gasteiger partial charge in [-0.05, 0) is 29.0 Å². The Balaban J connectivity index is 1.99. The molecular weight excluding hydrogens is 476 g/mol. The molecule has 11 heteroatoms. The predicted molar refractivity (Wildman–Crippen MR) is 122 cm³/mol. The molecule has 0 saturated carbocycles. The summed E-state index contributed by atoms with van der Waals surface area (Å²) in [5.74, 6) is -2.50. The van der Waals surface area contributed by atoms with E-state index in [-0.39, 0.29) is 6.61 Å². The molecule has 11 nitrogen and oxygen atoms in total. The average molecular weight is 502 g/mol. The standard InChI is InChI=1S/C25H26O11/c1-13(27)31-12-21-22(32-14(2)28)23(33-15(3)29)24(34-16(4)30)25(36-21)35-20-8-7-18-9-17(11-26)5-6-19(18)10-20/h5-11,21-25H,12H2,1-4H3/t21-,22+,23+,24-,25-/m1/s1. The molecule has 1 fully saturated rings. The predicted octanol–water partition coefficient (Wildman–Crippen LogP) is 2.11. The summed E-state index contributed by atoms with van der Waals surface area (Å²) in [5.41, 5.74) is 0.510. The molecule has 5 atom stereocenters. The average Bonchev–Trinajstić information content (AvgIpc) is 2.80. The zero-order valence-corrected chi connectivity index (χ0v) is 20.1. The van der Waals surface area contributed by atoms with Crippen LogP contribution in [0.3, 0.4) is 0 Å². The van der Waals surface area contributed by atoms with Gasteiger partial charge >= 0.3 is 23.9 Å². The van der Waals surface area contributed by atoms with Crippen molar-refractivity contribution in [3.8, 4) is 5.75 Å². The van der Waals surface area contributed by atoms with Crippen LogP contribution >= 0.6 is 0 Å². The number of rotatable bonds is 8. The largest absolute Gasteiger partial charge is 0.463 e. The number of ether oxygens (including phenoxy) is 6. The van der Waals surface area contributed by atoms with Gasteiger partial charge in [0.25, 0.3) is 0 Å². The summed E-state index contributed by atoms with van der Waals surface area (Å²) in [6, 6.07) is 10.1. The smallest absolute Gasteiger partial charge is 0.303 e. The SMILES string of the molecule is CC(=O)OC[C@H]1O[C@@H](Oc2ccc3cc(C=O)ccc3c2)[C@H](OC(C)=O)[C@@H](OC(C)=O)[C@H]1OC(C)=O. The van der Waals surface area contributed by atoms with Crippen LogP contribution in [-0.2, 0) is 42.9 Å². The van der Waals surface area contributed by atoms with Crippen molar-refractivity contribution >= 4 is 40.9 Å². The maximum absolute atomic E-state index is 11.9. The first-order chi connectivity index (χ1) is 17.1. The highest BCUT2D eigenvalue weighted by Gasteiger charge is 2.53. The third kappa shape index (κ3) is 6.79. The van der Waals surface area contributed by atoms with Crippen molar-refractivity contribution in [1.82, 2.24) is 0 Å². The molecule has 0 aromatic heterocycles. The van der Waals surface area contributed by atoms with E-state index in [4.69, 9.17) is 28.4 Å². The first-order valence-electron chi connectivity index (χ1n) is 11.0. The number of hydrogen-bond acceptors (Lipinski definition) is 11. The number of esters is 4. The third-order valence-corrected chi connectivity index (χ3v) is 5.17. The topological polar surface area (TPSA) is 141 Å². The minimum absolute atomic E-state index is 0.308. The summed E-state index contributed by atoms with van der Waals surface area (Å²) in [7, 11) is 0. The summed E-state index contributed by atoms with van der Waals surface area (Å²) < 4.78 is 33.1. The van der Waals surface area contributed by atoms with Crippen molar-refractivity contribution in [2.75, 3.05) is 6.61 Å². The zero-order valence-electron chi connectivity index (χ0n) is 20.1. The molecule has 0 bridgehead atoms. The molecule has 0 radical (unpaired) electrons. The van der Waals surface area contributed by atoms with Crippen molar-refractivity contribution in [2.24, 2.45) is 0 Å². The second kappa shape index (κ2) is 11.6. The van der Waals surface area contributed by atoms with Gasteiger partial charge in [0.2, 0.25) is 12.4 Å². The lowest BCUT2D eigenvalue weighted by Gasteiger charge is -2.43. The summed E-state index contributed by atoms with van der Waals surface area (Å²) in [6.45, 7) is 4.26. The van der Waals surface area contributed by atoms with Gasteiger partial charge in [-0.3, -0.25) is 24.0 Å². The summed E-state index contributed by atoms with van der Waals surface area (Å²) in [6.07, 6.45) is -5.65. The van der Waals surface area contributed by atoms with E-state index in [1.165, 1.54) is 6.92 Å². The van der Waals surface area contributed by atoms with Gasteiger partial charge in [0.1, 0.15) is 24.7 Å². The van der Waals surface area contributed by atoms with Crippen LogP contribution < -0.4 is 4.74 Å². The van der Waals surface area contributed by atoms with E-state index in [0.29, 0.717) is 11.3 Å². The van der Waals surface area contributed by atoms with E-state index >= 15 is 0 Å². The Hall–Kier alpha value is -3.99. The quantitative estimate of drug-likeness (QED) is 0.298. The van der Waals surface area contributed by atoms with Crippen LogP contribution in [0.1, 0.15) is 38.1 Å². The summed E-state index contributed by atoms with van der Waals surface area (Å²) in [4.78, 5) is 58.1. The molecule has 0 unspecified atom stereocenters. The first-order valence-corrected chi connectivity index (χ1v) is 11.0. The lowest BCUT2D eigenvalue weighted by Crippen LogP contribution is -2.63. The second-order valence-corrected chi connectivity index (χ2v) is 8.07. The number of carbonyl (C=O) groups is 5. The Morgan fingerprint density at radius 3 is 1.97 bits per heavy atom. The molecule has 1 aliphatic rings. The maximum atomic E-state index is 11.9. The second-order valence-electron chi connectivity index (χ2n) is 8.07. The molecule has 0 aliphatic carbocycles. The van der Waals surface area contributed by atoms with Gasteiger partial charge in [-0.1, -0.05) is 18.2 Å². The Morgan fingerprint density at radius 1 is 0.778 bits per heavy atom. The van der Waals surface area contributed by atoms with Gasteiger partial charge in [-0.25, -0.2) is 0 Å². The molecule has 0 N–H and O–H groups in total. The third-order valence-electron chi connectivity index (χ3n) is 5.17. The number of carbonyl (C=O) groups excluding carboxylic acids is 5. The fourth-order valence-corrected chi connectivity index (χ4v) is 3.81. The lowest BCUT2D eigenvalue weighted by atomic mass is 9.98. The van der Waals surface area contributed by atoms with Crippen LogP contribution in [0.5, 0.6) is 5.75 Å². The van der Waals surface area contributed by atoms with Crippen LogP contribution in [0.25, 0.3) is 10.8 Å². The Morgan fingerprint density at radius 2 is 1.36 bits per heavy atom. The van der Waals surface area contributed by atoms with E-state index in [9.17, 15) is 24.0 Å². The molecule has 1 aliphatic heterocycles. The van der Waals surface area contributed by atoms with E-state index < -0.39 is 54.6 Å². The van der Waals surface area contributed by atoms with Gasteiger partial charge in [0, 0.05) is 33.3 Å². The van der Waals surface area contributed by atoms with Crippen LogP contribution in [0, 0.1) is 0 Å². The van der Waals surface area contributed by atoms with Crippen molar-refractivity contribution < 1.29 is 52.4 Å². The molecule has 192 valence electrons. The number of fused-ring (bicyclic) bond motifs is 1. The van der Waals surface area contributed by atoms with E-state index in [0.717, 1.165) is 37.8 Å². The van der Waals surface area contributed by atoms with Gasteiger partial charge in [0.15, 0.2) is 12.2 Å². The molecule has 1 saturated heterocycles. The van der Waals surface area contributed by atoms with Crippen LogP contribution in [0.2, 0.25) is 0 Å². The van der Waals surface area contributed by atoms with Crippen molar-refractivity contribution in [2.45, 2.75) is 58.4 Å². The minimum atomic E-state index is -1.34. The highest BCUT2D eigenvalue weighted by molar-refractivity contribution is 5.89. The number of benzene rings is 2. The van der Waals surface area contributed by atoms with Crippen molar-refractivity contribution in [1.29, 1.82) is 0 Å². The Kier molecular flexibility index (Phi) is 8.59. The molecule has 0 spiro atoms. The summed E-state index contributed by atoms with van der Waals surface area (Å²) >= 11 is 0. The highest BCUT2D eigenvalue weighted by atomic mass is 16.7.